The van der Waals surface area contributed by atoms with Crippen molar-refractivity contribution in [2.75, 3.05) is 18.0 Å². The van der Waals surface area contributed by atoms with Crippen LogP contribution in [-0.4, -0.2) is 42.6 Å². The van der Waals surface area contributed by atoms with Crippen LogP contribution in [0.5, 0.6) is 0 Å². The fourth-order valence-corrected chi connectivity index (χ4v) is 3.53. The lowest BCUT2D eigenvalue weighted by atomic mass is 9.93. The quantitative estimate of drug-likeness (QED) is 0.720. The molecule has 0 radical (unpaired) electrons. The molecular weight excluding hydrogens is 326 g/mol. The molecule has 0 unspecified atom stereocenters. The Labute approximate surface area is 153 Å². The van der Waals surface area contributed by atoms with Crippen LogP contribution in [0.3, 0.4) is 0 Å². The molecule has 1 aliphatic rings. The zero-order valence-corrected chi connectivity index (χ0v) is 15.2. The topological polar surface area (TPSA) is 72.6 Å². The third-order valence-corrected chi connectivity index (χ3v) is 5.02. The van der Waals surface area contributed by atoms with Gasteiger partial charge in [-0.25, -0.2) is 19.9 Å². The Hall–Kier alpha value is -2.83. The zero-order valence-electron chi connectivity index (χ0n) is 15.2. The molecule has 134 valence electrons. The Bertz CT molecular complexity index is 875. The summed E-state index contributed by atoms with van der Waals surface area (Å²) in [5.41, 5.74) is 2.91. The molecule has 3 aromatic heterocycles. The molecule has 7 heteroatoms. The predicted octanol–water partition coefficient (Wildman–Crippen LogP) is 2.43. The van der Waals surface area contributed by atoms with E-state index in [1.165, 1.54) is 6.42 Å². The second kappa shape index (κ2) is 7.19. The molecule has 0 amide bonds. The lowest BCUT2D eigenvalue weighted by Crippen LogP contribution is -2.37. The minimum atomic E-state index is 0.533. The van der Waals surface area contributed by atoms with Gasteiger partial charge in [0, 0.05) is 38.7 Å². The molecule has 1 saturated heterocycles. The summed E-state index contributed by atoms with van der Waals surface area (Å²) < 4.78 is 2.04. The number of rotatable bonds is 4. The van der Waals surface area contributed by atoms with Crippen molar-refractivity contribution in [3.05, 3.63) is 48.6 Å². The summed E-state index contributed by atoms with van der Waals surface area (Å²) in [6, 6.07) is 1.85. The van der Waals surface area contributed by atoms with Gasteiger partial charge in [0.05, 0.1) is 23.8 Å². The summed E-state index contributed by atoms with van der Waals surface area (Å²) in [4.78, 5) is 24.7. The molecule has 0 aliphatic carbocycles. The van der Waals surface area contributed by atoms with E-state index in [4.69, 9.17) is 4.98 Å². The van der Waals surface area contributed by atoms with Gasteiger partial charge in [-0.05, 0) is 38.2 Å². The Kier molecular flexibility index (Phi) is 4.60. The highest BCUT2D eigenvalue weighted by molar-refractivity contribution is 5.53. The first-order valence-corrected chi connectivity index (χ1v) is 9.02. The van der Waals surface area contributed by atoms with E-state index in [2.05, 4.69) is 24.8 Å². The molecule has 4 heterocycles. The Morgan fingerprint density at radius 3 is 2.73 bits per heavy atom. The van der Waals surface area contributed by atoms with Crippen molar-refractivity contribution in [3.8, 4) is 11.4 Å². The van der Waals surface area contributed by atoms with Gasteiger partial charge in [0.15, 0.2) is 0 Å². The Morgan fingerprint density at radius 1 is 1.12 bits per heavy atom. The average molecular weight is 349 g/mol. The summed E-state index contributed by atoms with van der Waals surface area (Å²) in [6.07, 6.45) is 12.4. The number of anilines is 1. The lowest BCUT2D eigenvalue weighted by Gasteiger charge is -2.32. The van der Waals surface area contributed by atoms with Gasteiger partial charge in [0.1, 0.15) is 11.5 Å². The second-order valence-corrected chi connectivity index (χ2v) is 6.85. The maximum absolute atomic E-state index is 4.84. The van der Waals surface area contributed by atoms with Crippen molar-refractivity contribution in [2.24, 2.45) is 13.0 Å². The van der Waals surface area contributed by atoms with Gasteiger partial charge in [-0.1, -0.05) is 0 Å². The summed E-state index contributed by atoms with van der Waals surface area (Å²) in [7, 11) is 2.00. The van der Waals surface area contributed by atoms with Crippen LogP contribution < -0.4 is 4.90 Å². The Balaban J connectivity index is 1.49. The highest BCUT2D eigenvalue weighted by atomic mass is 15.2. The number of nitrogens with zero attached hydrogens (tertiary/aromatic N) is 7. The average Bonchev–Trinajstić information content (AvgIpc) is 3.02. The van der Waals surface area contributed by atoms with Crippen molar-refractivity contribution < 1.29 is 0 Å². The molecule has 7 nitrogen and oxygen atoms in total. The molecule has 0 bridgehead atoms. The van der Waals surface area contributed by atoms with Crippen LogP contribution in [0.1, 0.15) is 24.4 Å². The van der Waals surface area contributed by atoms with Crippen LogP contribution in [0.25, 0.3) is 11.4 Å². The van der Waals surface area contributed by atoms with Gasteiger partial charge in [-0.2, -0.15) is 0 Å². The smallest absolute Gasteiger partial charge is 0.225 e. The SMILES string of the molecule is Cc1ncc(-c2cncc(C[C@H]3CCCN(c4ncccn4)C3)n2)n1C. The third-order valence-electron chi connectivity index (χ3n) is 5.02. The maximum atomic E-state index is 4.84. The maximum Gasteiger partial charge on any atom is 0.225 e. The predicted molar refractivity (Wildman–Crippen MR) is 99.6 cm³/mol. The van der Waals surface area contributed by atoms with E-state index in [1.807, 2.05) is 43.2 Å². The highest BCUT2D eigenvalue weighted by Gasteiger charge is 2.22. The first-order chi connectivity index (χ1) is 12.7. The largest absolute Gasteiger partial charge is 0.341 e. The molecule has 1 aliphatic heterocycles. The van der Waals surface area contributed by atoms with Gasteiger partial charge < -0.3 is 9.47 Å². The van der Waals surface area contributed by atoms with Crippen LogP contribution in [0.2, 0.25) is 0 Å². The molecule has 4 rings (SSSR count). The van der Waals surface area contributed by atoms with Crippen molar-refractivity contribution in [2.45, 2.75) is 26.2 Å². The number of hydrogen-bond acceptors (Lipinski definition) is 6. The summed E-state index contributed by atoms with van der Waals surface area (Å²) >= 11 is 0. The van der Waals surface area contributed by atoms with E-state index in [1.54, 1.807) is 12.4 Å². The molecule has 0 saturated carbocycles. The lowest BCUT2D eigenvalue weighted by molar-refractivity contribution is 0.406. The minimum absolute atomic E-state index is 0.533. The summed E-state index contributed by atoms with van der Waals surface area (Å²) in [5, 5.41) is 0. The highest BCUT2D eigenvalue weighted by Crippen LogP contribution is 2.24. The van der Waals surface area contributed by atoms with Crippen LogP contribution >= 0.6 is 0 Å². The number of piperidine rings is 1. The summed E-state index contributed by atoms with van der Waals surface area (Å²) in [5.74, 6) is 2.32. The normalized spacial score (nSPS) is 17.5. The van der Waals surface area contributed by atoms with Crippen LogP contribution in [-0.2, 0) is 13.5 Å². The third kappa shape index (κ3) is 3.42. The molecular formula is C19H23N7. The first-order valence-electron chi connectivity index (χ1n) is 9.02. The molecule has 0 aromatic carbocycles. The van der Waals surface area contributed by atoms with E-state index in [0.29, 0.717) is 5.92 Å². The van der Waals surface area contributed by atoms with Crippen molar-refractivity contribution in [1.82, 2.24) is 29.5 Å². The molecule has 1 atom stereocenters. The number of imidazole rings is 1. The molecule has 0 spiro atoms. The Morgan fingerprint density at radius 2 is 1.96 bits per heavy atom. The van der Waals surface area contributed by atoms with Gasteiger partial charge in [-0.15, -0.1) is 0 Å². The molecule has 3 aromatic rings. The summed E-state index contributed by atoms with van der Waals surface area (Å²) in [6.45, 7) is 3.96. The van der Waals surface area contributed by atoms with Gasteiger partial charge in [-0.3, -0.25) is 4.98 Å². The van der Waals surface area contributed by atoms with E-state index in [9.17, 15) is 0 Å². The van der Waals surface area contributed by atoms with Gasteiger partial charge in [0.2, 0.25) is 5.95 Å². The number of aryl methyl sites for hydroxylation is 1. The van der Waals surface area contributed by atoms with Gasteiger partial charge in [0.25, 0.3) is 0 Å². The van der Waals surface area contributed by atoms with Gasteiger partial charge >= 0.3 is 0 Å². The fraction of sp³-hybridized carbons (Fsp3) is 0.421. The molecule has 1 fully saturated rings. The monoisotopic (exact) mass is 349 g/mol. The number of hydrogen-bond donors (Lipinski definition) is 0. The zero-order chi connectivity index (χ0) is 17.9. The van der Waals surface area contributed by atoms with Crippen LogP contribution in [0.4, 0.5) is 5.95 Å². The standard InChI is InChI=1S/C19H23N7/c1-14-23-12-18(25(14)2)17-11-20-10-16(24-17)9-15-5-3-8-26(13-15)19-21-6-4-7-22-19/h4,6-7,10-12,15H,3,5,8-9,13H2,1-2H3/t15-/m1/s1. The van der Waals surface area contributed by atoms with E-state index < -0.39 is 0 Å². The second-order valence-electron chi connectivity index (χ2n) is 6.85. The fourth-order valence-electron chi connectivity index (χ4n) is 3.53. The minimum Gasteiger partial charge on any atom is -0.341 e. The van der Waals surface area contributed by atoms with E-state index in [-0.39, 0.29) is 0 Å². The number of aromatic nitrogens is 6. The molecule has 0 N–H and O–H groups in total. The van der Waals surface area contributed by atoms with E-state index >= 15 is 0 Å². The van der Waals surface area contributed by atoms with Crippen molar-refractivity contribution in [1.29, 1.82) is 0 Å². The van der Waals surface area contributed by atoms with Crippen LogP contribution in [0.15, 0.2) is 37.1 Å². The first kappa shape index (κ1) is 16.6. The van der Waals surface area contributed by atoms with Crippen molar-refractivity contribution in [3.63, 3.8) is 0 Å². The van der Waals surface area contributed by atoms with Crippen LogP contribution in [0, 0.1) is 12.8 Å². The van der Waals surface area contributed by atoms with Crippen molar-refractivity contribution >= 4 is 5.95 Å². The van der Waals surface area contributed by atoms with E-state index in [0.717, 1.165) is 54.8 Å². The molecule has 26 heavy (non-hydrogen) atoms.